The fraction of sp³-hybridized carbons (Fsp3) is 0.143. The molecule has 1 N–H and O–H groups in total. The summed E-state index contributed by atoms with van der Waals surface area (Å²) in [7, 11) is 0. The number of para-hydroxylation sites is 1. The molecular weight excluding hydrogens is 392 g/mol. The van der Waals surface area contributed by atoms with Crippen LogP contribution in [-0.4, -0.2) is 20.6 Å². The van der Waals surface area contributed by atoms with Crippen LogP contribution in [0, 0.1) is 6.92 Å². The van der Waals surface area contributed by atoms with Gasteiger partial charge in [0.2, 0.25) is 5.91 Å². The second kappa shape index (κ2) is 7.89. The van der Waals surface area contributed by atoms with Crippen molar-refractivity contribution in [2.24, 2.45) is 0 Å². The lowest BCUT2D eigenvalue weighted by molar-refractivity contribution is -0.116. The number of nitrogens with zero attached hydrogens (tertiary/aromatic N) is 3. The molecule has 0 saturated heterocycles. The number of carbonyl (C=O) groups excluding carboxylic acids is 1. The van der Waals surface area contributed by atoms with Gasteiger partial charge in [-0.15, -0.1) is 0 Å². The standard InChI is InChI=1S/C21H17ClN4O3/c1-13-6-2-5-9-16(13)24-17(27)10-11-26-12-23-20-18(21(26)28)19(25-29-20)14-7-3-4-8-15(14)22/h2-9,12H,10-11H2,1H3,(H,24,27). The maximum absolute atomic E-state index is 13.0. The highest BCUT2D eigenvalue weighted by molar-refractivity contribution is 6.33. The lowest BCUT2D eigenvalue weighted by Gasteiger charge is -2.09. The fourth-order valence-electron chi connectivity index (χ4n) is 3.02. The minimum atomic E-state index is -0.338. The van der Waals surface area contributed by atoms with Crippen LogP contribution in [0.3, 0.4) is 0 Å². The maximum Gasteiger partial charge on any atom is 0.266 e. The van der Waals surface area contributed by atoms with Gasteiger partial charge in [-0.1, -0.05) is 53.2 Å². The van der Waals surface area contributed by atoms with Crippen molar-refractivity contribution in [3.63, 3.8) is 0 Å². The van der Waals surface area contributed by atoms with E-state index in [1.54, 1.807) is 24.3 Å². The van der Waals surface area contributed by atoms with Gasteiger partial charge < -0.3 is 9.84 Å². The van der Waals surface area contributed by atoms with Gasteiger partial charge in [-0.2, -0.15) is 0 Å². The number of fused-ring (bicyclic) bond motifs is 1. The zero-order valence-corrected chi connectivity index (χ0v) is 16.3. The van der Waals surface area contributed by atoms with Crippen LogP contribution in [0.2, 0.25) is 5.02 Å². The molecule has 29 heavy (non-hydrogen) atoms. The Morgan fingerprint density at radius 3 is 2.72 bits per heavy atom. The SMILES string of the molecule is Cc1ccccc1NC(=O)CCn1cnc2onc(-c3ccccc3Cl)c2c1=O. The van der Waals surface area contributed by atoms with Gasteiger partial charge in [0.05, 0.1) is 5.02 Å². The number of aryl methyl sites for hydroxylation is 2. The summed E-state index contributed by atoms with van der Waals surface area (Å²) in [6.45, 7) is 2.09. The largest absolute Gasteiger partial charge is 0.335 e. The molecule has 146 valence electrons. The van der Waals surface area contributed by atoms with Crippen molar-refractivity contribution >= 4 is 34.3 Å². The molecule has 2 aromatic carbocycles. The summed E-state index contributed by atoms with van der Waals surface area (Å²) >= 11 is 6.24. The molecule has 0 spiro atoms. The number of aromatic nitrogens is 3. The lowest BCUT2D eigenvalue weighted by atomic mass is 10.1. The Morgan fingerprint density at radius 1 is 1.17 bits per heavy atom. The number of hydrogen-bond acceptors (Lipinski definition) is 5. The first-order valence-electron chi connectivity index (χ1n) is 9.00. The summed E-state index contributed by atoms with van der Waals surface area (Å²) in [5.41, 5.74) is 2.43. The van der Waals surface area contributed by atoms with E-state index in [-0.39, 0.29) is 35.5 Å². The number of anilines is 1. The van der Waals surface area contributed by atoms with E-state index in [1.165, 1.54) is 10.9 Å². The minimum Gasteiger partial charge on any atom is -0.335 e. The van der Waals surface area contributed by atoms with Crippen LogP contribution in [-0.2, 0) is 11.3 Å². The van der Waals surface area contributed by atoms with E-state index in [2.05, 4.69) is 15.5 Å². The molecule has 0 fully saturated rings. The molecule has 0 aliphatic heterocycles. The quantitative estimate of drug-likeness (QED) is 0.538. The van der Waals surface area contributed by atoms with Crippen molar-refractivity contribution < 1.29 is 9.32 Å². The van der Waals surface area contributed by atoms with Crippen LogP contribution >= 0.6 is 11.6 Å². The van der Waals surface area contributed by atoms with Gasteiger partial charge in [-0.05, 0) is 24.6 Å². The van der Waals surface area contributed by atoms with Crippen molar-refractivity contribution in [1.29, 1.82) is 0 Å². The van der Waals surface area contributed by atoms with Crippen LogP contribution in [0.1, 0.15) is 12.0 Å². The average molecular weight is 409 g/mol. The van der Waals surface area contributed by atoms with Gasteiger partial charge in [-0.25, -0.2) is 4.98 Å². The lowest BCUT2D eigenvalue weighted by Crippen LogP contribution is -2.23. The predicted molar refractivity (Wildman–Crippen MR) is 111 cm³/mol. The van der Waals surface area contributed by atoms with E-state index in [4.69, 9.17) is 16.1 Å². The molecule has 0 unspecified atom stereocenters. The van der Waals surface area contributed by atoms with Gasteiger partial charge >= 0.3 is 0 Å². The molecule has 0 aliphatic rings. The molecule has 4 rings (SSSR count). The van der Waals surface area contributed by atoms with Crippen molar-refractivity contribution in [3.05, 3.63) is 75.8 Å². The van der Waals surface area contributed by atoms with Crippen LogP contribution in [0.15, 0.2) is 64.2 Å². The molecule has 0 saturated carbocycles. The second-order valence-electron chi connectivity index (χ2n) is 6.55. The summed E-state index contributed by atoms with van der Waals surface area (Å²) in [6, 6.07) is 14.6. The molecule has 0 atom stereocenters. The van der Waals surface area contributed by atoms with Gasteiger partial charge in [-0.3, -0.25) is 14.2 Å². The van der Waals surface area contributed by atoms with E-state index in [9.17, 15) is 9.59 Å². The molecule has 1 amide bonds. The molecule has 8 heteroatoms. The van der Waals surface area contributed by atoms with Crippen molar-refractivity contribution in [3.8, 4) is 11.3 Å². The highest BCUT2D eigenvalue weighted by Gasteiger charge is 2.19. The molecule has 4 aromatic rings. The van der Waals surface area contributed by atoms with E-state index < -0.39 is 0 Å². The highest BCUT2D eigenvalue weighted by atomic mass is 35.5. The number of halogens is 1. The zero-order valence-electron chi connectivity index (χ0n) is 15.6. The van der Waals surface area contributed by atoms with Crippen LogP contribution in [0.25, 0.3) is 22.4 Å². The van der Waals surface area contributed by atoms with Gasteiger partial charge in [0.1, 0.15) is 17.4 Å². The molecule has 0 bridgehead atoms. The topological polar surface area (TPSA) is 90.0 Å². The summed E-state index contributed by atoms with van der Waals surface area (Å²) < 4.78 is 6.57. The molecule has 2 aromatic heterocycles. The summed E-state index contributed by atoms with van der Waals surface area (Å²) in [4.78, 5) is 29.4. The first-order chi connectivity index (χ1) is 14.0. The Kier molecular flexibility index (Phi) is 5.14. The third kappa shape index (κ3) is 3.77. The number of nitrogens with one attached hydrogen (secondary N) is 1. The van der Waals surface area contributed by atoms with Gasteiger partial charge in [0.15, 0.2) is 0 Å². The number of amides is 1. The summed E-state index contributed by atoms with van der Waals surface area (Å²) in [5, 5.41) is 7.52. The van der Waals surface area contributed by atoms with E-state index in [0.717, 1.165) is 11.3 Å². The van der Waals surface area contributed by atoms with Gasteiger partial charge in [0.25, 0.3) is 11.3 Å². The molecular formula is C21H17ClN4O3. The molecule has 0 aliphatic carbocycles. The Balaban J connectivity index is 1.59. The Labute approximate surface area is 170 Å². The second-order valence-corrected chi connectivity index (χ2v) is 6.95. The van der Waals surface area contributed by atoms with Crippen LogP contribution in [0.4, 0.5) is 5.69 Å². The average Bonchev–Trinajstić information content (AvgIpc) is 3.14. The summed E-state index contributed by atoms with van der Waals surface area (Å²) in [5.74, 6) is -0.192. The maximum atomic E-state index is 13.0. The van der Waals surface area contributed by atoms with E-state index in [1.807, 2.05) is 31.2 Å². The third-order valence-corrected chi connectivity index (χ3v) is 4.92. The zero-order chi connectivity index (χ0) is 20.4. The van der Waals surface area contributed by atoms with E-state index >= 15 is 0 Å². The van der Waals surface area contributed by atoms with Gasteiger partial charge in [0, 0.05) is 24.2 Å². The Bertz CT molecular complexity index is 1260. The summed E-state index contributed by atoms with van der Waals surface area (Å²) in [6.07, 6.45) is 1.47. The monoisotopic (exact) mass is 408 g/mol. The minimum absolute atomic E-state index is 0.119. The highest BCUT2D eigenvalue weighted by Crippen LogP contribution is 2.30. The first-order valence-corrected chi connectivity index (χ1v) is 9.37. The van der Waals surface area contributed by atoms with Crippen molar-refractivity contribution in [2.45, 2.75) is 19.9 Å². The van der Waals surface area contributed by atoms with Crippen molar-refractivity contribution in [2.75, 3.05) is 5.32 Å². The first kappa shape index (κ1) is 18.9. The number of hydrogen-bond donors (Lipinski definition) is 1. The molecule has 7 nitrogen and oxygen atoms in total. The van der Waals surface area contributed by atoms with Crippen LogP contribution in [0.5, 0.6) is 0 Å². The number of rotatable bonds is 5. The number of carbonyl (C=O) groups is 1. The fourth-order valence-corrected chi connectivity index (χ4v) is 3.25. The predicted octanol–water partition coefficient (Wildman–Crippen LogP) is 4.04. The smallest absolute Gasteiger partial charge is 0.266 e. The van der Waals surface area contributed by atoms with E-state index in [0.29, 0.717) is 16.3 Å². The Morgan fingerprint density at radius 2 is 1.93 bits per heavy atom. The number of benzene rings is 2. The Hall–Kier alpha value is -3.45. The normalized spacial score (nSPS) is 11.0. The molecule has 0 radical (unpaired) electrons. The molecule has 2 heterocycles. The third-order valence-electron chi connectivity index (χ3n) is 4.59. The van der Waals surface area contributed by atoms with Crippen LogP contribution < -0.4 is 10.9 Å². The van der Waals surface area contributed by atoms with Crippen molar-refractivity contribution in [1.82, 2.24) is 14.7 Å².